The average Bonchev–Trinajstić information content (AvgIpc) is 1.98. The van der Waals surface area contributed by atoms with Crippen LogP contribution in [0.3, 0.4) is 0 Å². The first kappa shape index (κ1) is 11.7. The van der Waals surface area contributed by atoms with E-state index in [4.69, 9.17) is 12.2 Å². The standard InChI is InChI=1S/C7H14N2OS2/c1-2-8-7(12)9-5-3-4-6(10)11/h2-5H2,1H3,(H,10,11)(H2,8,9,12). The van der Waals surface area contributed by atoms with E-state index >= 15 is 0 Å². The Kier molecular flexibility index (Phi) is 7.19. The lowest BCUT2D eigenvalue weighted by Crippen LogP contribution is -2.35. The smallest absolute Gasteiger partial charge is 0.185 e. The van der Waals surface area contributed by atoms with Crippen LogP contribution in [0.25, 0.3) is 0 Å². The summed E-state index contributed by atoms with van der Waals surface area (Å²) in [5.41, 5.74) is 0. The Bertz CT molecular complexity index is 161. The molecule has 0 fully saturated rings. The maximum absolute atomic E-state index is 10.4. The minimum absolute atomic E-state index is 0.0776. The summed E-state index contributed by atoms with van der Waals surface area (Å²) >= 11 is 8.55. The zero-order chi connectivity index (χ0) is 9.40. The van der Waals surface area contributed by atoms with Gasteiger partial charge in [0, 0.05) is 19.5 Å². The molecule has 70 valence electrons. The molecular weight excluding hydrogens is 192 g/mol. The van der Waals surface area contributed by atoms with Gasteiger partial charge in [-0.1, -0.05) is 0 Å². The fourth-order valence-electron chi connectivity index (χ4n) is 0.665. The molecule has 0 saturated heterocycles. The van der Waals surface area contributed by atoms with Gasteiger partial charge in [-0.15, -0.1) is 12.6 Å². The van der Waals surface area contributed by atoms with Crippen molar-refractivity contribution < 1.29 is 4.79 Å². The summed E-state index contributed by atoms with van der Waals surface area (Å²) < 4.78 is 0. The van der Waals surface area contributed by atoms with Crippen molar-refractivity contribution in [2.75, 3.05) is 13.1 Å². The van der Waals surface area contributed by atoms with Crippen molar-refractivity contribution >= 4 is 35.1 Å². The molecule has 2 N–H and O–H groups in total. The molecule has 0 unspecified atom stereocenters. The monoisotopic (exact) mass is 206 g/mol. The van der Waals surface area contributed by atoms with Crippen LogP contribution in [0.4, 0.5) is 0 Å². The van der Waals surface area contributed by atoms with Gasteiger partial charge in [-0.25, -0.2) is 0 Å². The number of thiol groups is 1. The van der Waals surface area contributed by atoms with Crippen molar-refractivity contribution in [3.8, 4) is 0 Å². The molecule has 5 heteroatoms. The highest BCUT2D eigenvalue weighted by Crippen LogP contribution is 1.91. The summed E-state index contributed by atoms with van der Waals surface area (Å²) in [4.78, 5) is 10.4. The first-order chi connectivity index (χ1) is 5.66. The van der Waals surface area contributed by atoms with E-state index < -0.39 is 0 Å². The molecule has 0 radical (unpaired) electrons. The number of carbonyl (C=O) groups is 1. The van der Waals surface area contributed by atoms with Crippen molar-refractivity contribution in [3.63, 3.8) is 0 Å². The van der Waals surface area contributed by atoms with E-state index in [0.29, 0.717) is 11.5 Å². The summed E-state index contributed by atoms with van der Waals surface area (Å²) in [6.07, 6.45) is 1.26. The molecule has 0 amide bonds. The molecular formula is C7H14N2OS2. The van der Waals surface area contributed by atoms with Crippen LogP contribution in [0.1, 0.15) is 19.8 Å². The van der Waals surface area contributed by atoms with Crippen LogP contribution in [-0.4, -0.2) is 23.3 Å². The average molecular weight is 206 g/mol. The molecule has 0 atom stereocenters. The first-order valence-electron chi connectivity index (χ1n) is 3.90. The number of nitrogens with one attached hydrogen (secondary N) is 2. The van der Waals surface area contributed by atoms with Gasteiger partial charge in [-0.2, -0.15) is 0 Å². The number of hydrogen-bond acceptors (Lipinski definition) is 2. The number of thiocarbonyl (C=S) groups is 1. The molecule has 0 aromatic heterocycles. The molecule has 0 aliphatic rings. The van der Waals surface area contributed by atoms with Crippen molar-refractivity contribution in [1.29, 1.82) is 0 Å². The topological polar surface area (TPSA) is 41.1 Å². The normalized spacial score (nSPS) is 9.17. The zero-order valence-electron chi connectivity index (χ0n) is 7.09. The van der Waals surface area contributed by atoms with Gasteiger partial charge in [-0.05, 0) is 25.6 Å². The zero-order valence-corrected chi connectivity index (χ0v) is 8.80. The van der Waals surface area contributed by atoms with Crippen LogP contribution < -0.4 is 10.6 Å². The Morgan fingerprint density at radius 1 is 1.50 bits per heavy atom. The Labute approximate surface area is 83.7 Å². The van der Waals surface area contributed by atoms with E-state index in [9.17, 15) is 4.79 Å². The Morgan fingerprint density at radius 3 is 2.67 bits per heavy atom. The minimum atomic E-state index is -0.0776. The van der Waals surface area contributed by atoms with Crippen LogP contribution in [0.5, 0.6) is 0 Å². The van der Waals surface area contributed by atoms with Gasteiger partial charge >= 0.3 is 0 Å². The Hall–Kier alpha value is -0.290. The lowest BCUT2D eigenvalue weighted by atomic mass is 10.3. The summed E-state index contributed by atoms with van der Waals surface area (Å²) in [5.74, 6) is 0. The van der Waals surface area contributed by atoms with E-state index in [0.717, 1.165) is 19.5 Å². The van der Waals surface area contributed by atoms with E-state index in [1.165, 1.54) is 0 Å². The predicted molar refractivity (Wildman–Crippen MR) is 57.5 cm³/mol. The maximum atomic E-state index is 10.4. The highest BCUT2D eigenvalue weighted by molar-refractivity contribution is 7.96. The fourth-order valence-corrected chi connectivity index (χ4v) is 1.07. The summed E-state index contributed by atoms with van der Waals surface area (Å²) in [6.45, 7) is 3.51. The summed E-state index contributed by atoms with van der Waals surface area (Å²) in [7, 11) is 0. The van der Waals surface area contributed by atoms with Crippen molar-refractivity contribution in [2.24, 2.45) is 0 Å². The molecule has 0 aliphatic heterocycles. The van der Waals surface area contributed by atoms with Crippen LogP contribution in [0.15, 0.2) is 0 Å². The van der Waals surface area contributed by atoms with Gasteiger partial charge in [0.2, 0.25) is 0 Å². The summed E-state index contributed by atoms with van der Waals surface area (Å²) in [5, 5.41) is 6.49. The highest BCUT2D eigenvalue weighted by atomic mass is 32.1. The van der Waals surface area contributed by atoms with E-state index in [1.807, 2.05) is 6.92 Å². The maximum Gasteiger partial charge on any atom is 0.185 e. The summed E-state index contributed by atoms with van der Waals surface area (Å²) in [6, 6.07) is 0. The second-order valence-electron chi connectivity index (χ2n) is 2.28. The van der Waals surface area contributed by atoms with Gasteiger partial charge in [0.15, 0.2) is 10.2 Å². The fraction of sp³-hybridized carbons (Fsp3) is 0.714. The highest BCUT2D eigenvalue weighted by Gasteiger charge is 1.95. The molecule has 12 heavy (non-hydrogen) atoms. The second-order valence-corrected chi connectivity index (χ2v) is 3.19. The van der Waals surface area contributed by atoms with Crippen LogP contribution in [0, 0.1) is 0 Å². The molecule has 0 spiro atoms. The van der Waals surface area contributed by atoms with Crippen molar-refractivity contribution in [3.05, 3.63) is 0 Å². The number of hydrogen-bond donors (Lipinski definition) is 3. The van der Waals surface area contributed by atoms with Crippen LogP contribution >= 0.6 is 24.8 Å². The van der Waals surface area contributed by atoms with E-state index in [1.54, 1.807) is 0 Å². The lowest BCUT2D eigenvalue weighted by molar-refractivity contribution is -0.110. The predicted octanol–water partition coefficient (Wildman–Crippen LogP) is 0.707. The van der Waals surface area contributed by atoms with Gasteiger partial charge in [0.25, 0.3) is 0 Å². The molecule has 0 aromatic carbocycles. The largest absolute Gasteiger partial charge is 0.363 e. The molecule has 0 saturated carbocycles. The van der Waals surface area contributed by atoms with Gasteiger partial charge in [0.05, 0.1) is 0 Å². The third-order valence-corrected chi connectivity index (χ3v) is 1.70. The van der Waals surface area contributed by atoms with Crippen molar-refractivity contribution in [2.45, 2.75) is 19.8 Å². The molecule has 0 aliphatic carbocycles. The van der Waals surface area contributed by atoms with Crippen molar-refractivity contribution in [1.82, 2.24) is 10.6 Å². The molecule has 3 nitrogen and oxygen atoms in total. The van der Waals surface area contributed by atoms with Crippen LogP contribution in [-0.2, 0) is 4.79 Å². The lowest BCUT2D eigenvalue weighted by Gasteiger charge is -2.07. The van der Waals surface area contributed by atoms with E-state index in [2.05, 4.69) is 23.3 Å². The van der Waals surface area contributed by atoms with Gasteiger partial charge < -0.3 is 10.6 Å². The molecule has 0 heterocycles. The van der Waals surface area contributed by atoms with E-state index in [-0.39, 0.29) is 5.12 Å². The second kappa shape index (κ2) is 7.36. The Balaban J connectivity index is 3.19. The Morgan fingerprint density at radius 2 is 2.17 bits per heavy atom. The third kappa shape index (κ3) is 7.81. The number of carbonyl (C=O) groups excluding carboxylic acids is 1. The van der Waals surface area contributed by atoms with Gasteiger partial charge in [0.1, 0.15) is 0 Å². The molecule has 0 bridgehead atoms. The van der Waals surface area contributed by atoms with Gasteiger partial charge in [-0.3, -0.25) is 4.79 Å². The number of rotatable bonds is 5. The minimum Gasteiger partial charge on any atom is -0.363 e. The third-order valence-electron chi connectivity index (χ3n) is 1.19. The molecule has 0 aromatic rings. The quantitative estimate of drug-likeness (QED) is 0.352. The first-order valence-corrected chi connectivity index (χ1v) is 4.76. The SMILES string of the molecule is CCNC(=S)NCCCC(=O)S. The van der Waals surface area contributed by atoms with Crippen LogP contribution in [0.2, 0.25) is 0 Å². The molecule has 0 rings (SSSR count).